The molecule has 0 bridgehead atoms. The first-order chi connectivity index (χ1) is 14.0. The number of thiazole rings is 1. The van der Waals surface area contributed by atoms with Crippen molar-refractivity contribution in [1.82, 2.24) is 9.88 Å². The highest BCUT2D eigenvalue weighted by molar-refractivity contribution is 8.14. The molecule has 0 N–H and O–H groups in total. The Morgan fingerprint density at radius 1 is 1.31 bits per heavy atom. The molecule has 4 rings (SSSR count). The third kappa shape index (κ3) is 4.85. The number of carbonyl (C=O) groups is 2. The average molecular weight is 431 g/mol. The van der Waals surface area contributed by atoms with E-state index in [9.17, 15) is 14.0 Å². The van der Waals surface area contributed by atoms with Crippen molar-refractivity contribution in [1.29, 1.82) is 0 Å². The monoisotopic (exact) mass is 430 g/mol. The molecule has 1 aromatic heterocycles. The van der Waals surface area contributed by atoms with Crippen molar-refractivity contribution in [3.05, 3.63) is 57.8 Å². The summed E-state index contributed by atoms with van der Waals surface area (Å²) in [4.78, 5) is 32.1. The van der Waals surface area contributed by atoms with Crippen LogP contribution in [0.3, 0.4) is 0 Å². The van der Waals surface area contributed by atoms with E-state index in [-0.39, 0.29) is 27.9 Å². The number of piperidine rings is 1. The van der Waals surface area contributed by atoms with Crippen LogP contribution >= 0.6 is 23.1 Å². The molecular formula is C22H23FN2O2S2. The SMILES string of the molecule is CC(=O)SC1CCN(C(C(=O)C2CC2)c2ccccc2F)C/C1=C/c1cncs1. The zero-order chi connectivity index (χ0) is 20.4. The summed E-state index contributed by atoms with van der Waals surface area (Å²) in [5.74, 6) is -0.178. The van der Waals surface area contributed by atoms with Crippen LogP contribution in [0.1, 0.15) is 42.7 Å². The van der Waals surface area contributed by atoms with Gasteiger partial charge in [0.1, 0.15) is 5.82 Å². The molecule has 7 heteroatoms. The van der Waals surface area contributed by atoms with Gasteiger partial charge in [0, 0.05) is 47.8 Å². The molecule has 2 aliphatic rings. The van der Waals surface area contributed by atoms with Gasteiger partial charge in [0.15, 0.2) is 10.9 Å². The average Bonchev–Trinajstić information content (AvgIpc) is 3.42. The largest absolute Gasteiger partial charge is 0.297 e. The van der Waals surface area contributed by atoms with E-state index in [2.05, 4.69) is 16.0 Å². The van der Waals surface area contributed by atoms with E-state index in [0.29, 0.717) is 18.7 Å². The Bertz CT molecular complexity index is 925. The molecule has 0 amide bonds. The number of carbonyl (C=O) groups excluding carboxylic acids is 2. The summed E-state index contributed by atoms with van der Waals surface area (Å²) < 4.78 is 14.6. The number of hydrogen-bond acceptors (Lipinski definition) is 6. The highest BCUT2D eigenvalue weighted by Gasteiger charge is 2.41. The minimum Gasteiger partial charge on any atom is -0.297 e. The fraction of sp³-hybridized carbons (Fsp3) is 0.409. The van der Waals surface area contributed by atoms with Gasteiger partial charge in [0.25, 0.3) is 0 Å². The Balaban J connectivity index is 1.66. The van der Waals surface area contributed by atoms with Gasteiger partial charge in [-0.25, -0.2) is 4.39 Å². The van der Waals surface area contributed by atoms with Crippen LogP contribution in [-0.4, -0.2) is 39.1 Å². The first-order valence-corrected chi connectivity index (χ1v) is 11.6. The summed E-state index contributed by atoms with van der Waals surface area (Å²) in [6.45, 7) is 2.78. The van der Waals surface area contributed by atoms with E-state index >= 15 is 0 Å². The lowest BCUT2D eigenvalue weighted by molar-refractivity contribution is -0.126. The van der Waals surface area contributed by atoms with Gasteiger partial charge in [-0.15, -0.1) is 11.3 Å². The van der Waals surface area contributed by atoms with E-state index < -0.39 is 6.04 Å². The minimum absolute atomic E-state index is 0.0397. The van der Waals surface area contributed by atoms with Crippen LogP contribution in [0.15, 0.2) is 41.5 Å². The van der Waals surface area contributed by atoms with Gasteiger partial charge in [0.05, 0.1) is 11.6 Å². The molecular weight excluding hydrogens is 407 g/mol. The van der Waals surface area contributed by atoms with Crippen molar-refractivity contribution in [2.75, 3.05) is 13.1 Å². The lowest BCUT2D eigenvalue weighted by Gasteiger charge is -2.38. The lowest BCUT2D eigenvalue weighted by Crippen LogP contribution is -2.43. The smallest absolute Gasteiger partial charge is 0.186 e. The molecule has 1 aliphatic heterocycles. The number of ketones is 1. The van der Waals surface area contributed by atoms with Gasteiger partial charge in [-0.3, -0.25) is 19.5 Å². The molecule has 1 aromatic carbocycles. The first kappa shape index (κ1) is 20.4. The molecule has 0 radical (unpaired) electrons. The molecule has 2 aromatic rings. The van der Waals surface area contributed by atoms with Crippen LogP contribution in [-0.2, 0) is 9.59 Å². The first-order valence-electron chi connectivity index (χ1n) is 9.81. The zero-order valence-corrected chi connectivity index (χ0v) is 17.8. The van der Waals surface area contributed by atoms with Gasteiger partial charge >= 0.3 is 0 Å². The molecule has 2 unspecified atom stereocenters. The van der Waals surface area contributed by atoms with Crippen LogP contribution in [0.2, 0.25) is 0 Å². The number of benzene rings is 1. The number of likely N-dealkylation sites (tertiary alicyclic amines) is 1. The maximum absolute atomic E-state index is 14.6. The predicted octanol–water partition coefficient (Wildman–Crippen LogP) is 4.74. The molecule has 1 aliphatic carbocycles. The summed E-state index contributed by atoms with van der Waals surface area (Å²) in [6.07, 6.45) is 6.41. The quantitative estimate of drug-likeness (QED) is 0.663. The van der Waals surface area contributed by atoms with E-state index in [1.165, 1.54) is 17.8 Å². The normalized spacial score (nSPS) is 22.6. The second kappa shape index (κ2) is 8.90. The lowest BCUT2D eigenvalue weighted by atomic mass is 9.93. The fourth-order valence-electron chi connectivity index (χ4n) is 3.88. The number of aromatic nitrogens is 1. The number of hydrogen-bond donors (Lipinski definition) is 0. The molecule has 152 valence electrons. The maximum atomic E-state index is 14.6. The van der Waals surface area contributed by atoms with Crippen molar-refractivity contribution >= 4 is 40.1 Å². The third-order valence-electron chi connectivity index (χ3n) is 5.38. The summed E-state index contributed by atoms with van der Waals surface area (Å²) >= 11 is 2.88. The second-order valence-electron chi connectivity index (χ2n) is 7.58. The van der Waals surface area contributed by atoms with Crippen molar-refractivity contribution in [3.63, 3.8) is 0 Å². The molecule has 4 nitrogen and oxygen atoms in total. The fourth-order valence-corrected chi connectivity index (χ4v) is 5.38. The number of rotatable bonds is 6. The Morgan fingerprint density at radius 2 is 2.10 bits per heavy atom. The van der Waals surface area contributed by atoms with Crippen LogP contribution in [0, 0.1) is 11.7 Å². The van der Waals surface area contributed by atoms with Crippen molar-refractivity contribution < 1.29 is 14.0 Å². The number of Topliss-reactive ketones (excluding diaryl/α,β-unsaturated/α-hetero) is 1. The summed E-state index contributed by atoms with van der Waals surface area (Å²) in [7, 11) is 0. The topological polar surface area (TPSA) is 50.3 Å². The van der Waals surface area contributed by atoms with Crippen LogP contribution in [0.5, 0.6) is 0 Å². The van der Waals surface area contributed by atoms with E-state index in [0.717, 1.165) is 29.7 Å². The van der Waals surface area contributed by atoms with Gasteiger partial charge in [-0.2, -0.15) is 0 Å². The summed E-state index contributed by atoms with van der Waals surface area (Å²) in [5, 5.41) is 0.154. The van der Waals surface area contributed by atoms with Gasteiger partial charge in [0.2, 0.25) is 0 Å². The van der Waals surface area contributed by atoms with E-state index in [1.54, 1.807) is 48.2 Å². The number of nitrogens with zero attached hydrogens (tertiary/aromatic N) is 2. The standard InChI is InChI=1S/C22H23FN2O2S2/c1-14(26)29-20-8-9-25(12-16(20)10-17-11-24-13-28-17)21(22(27)15-6-7-15)18-4-2-3-5-19(18)23/h2-5,10-11,13,15,20-21H,6-9,12H2,1H3/b16-10-. The van der Waals surface area contributed by atoms with Crippen LogP contribution in [0.4, 0.5) is 4.39 Å². The summed E-state index contributed by atoms with van der Waals surface area (Å²) in [6, 6.07) is 6.02. The Labute approximate surface area is 178 Å². The Hall–Kier alpha value is -1.83. The molecule has 1 saturated carbocycles. The Kier molecular flexibility index (Phi) is 6.27. The van der Waals surface area contributed by atoms with E-state index in [1.807, 2.05) is 0 Å². The third-order valence-corrected chi connectivity index (χ3v) is 7.26. The molecule has 2 fully saturated rings. The molecule has 2 atom stereocenters. The van der Waals surface area contributed by atoms with Crippen molar-refractivity contribution in [2.45, 2.75) is 37.5 Å². The molecule has 0 spiro atoms. The number of thioether (sulfide) groups is 1. The van der Waals surface area contributed by atoms with Gasteiger partial charge in [-0.05, 0) is 37.0 Å². The zero-order valence-electron chi connectivity index (χ0n) is 16.2. The van der Waals surface area contributed by atoms with Gasteiger partial charge < -0.3 is 0 Å². The molecule has 1 saturated heterocycles. The van der Waals surface area contributed by atoms with E-state index in [4.69, 9.17) is 0 Å². The summed E-state index contributed by atoms with van der Waals surface area (Å²) in [5.41, 5.74) is 3.32. The predicted molar refractivity (Wildman–Crippen MR) is 115 cm³/mol. The van der Waals surface area contributed by atoms with Crippen LogP contribution < -0.4 is 0 Å². The molecule has 29 heavy (non-hydrogen) atoms. The maximum Gasteiger partial charge on any atom is 0.186 e. The van der Waals surface area contributed by atoms with Crippen molar-refractivity contribution in [2.24, 2.45) is 5.92 Å². The van der Waals surface area contributed by atoms with Crippen molar-refractivity contribution in [3.8, 4) is 0 Å². The highest BCUT2D eigenvalue weighted by Crippen LogP contribution is 2.40. The minimum atomic E-state index is -0.572. The van der Waals surface area contributed by atoms with Crippen LogP contribution in [0.25, 0.3) is 6.08 Å². The molecule has 2 heterocycles. The second-order valence-corrected chi connectivity index (χ2v) is 9.88. The highest BCUT2D eigenvalue weighted by atomic mass is 32.2. The van der Waals surface area contributed by atoms with Gasteiger partial charge in [-0.1, -0.05) is 30.0 Å². The number of halogens is 1. The Morgan fingerprint density at radius 3 is 2.76 bits per heavy atom.